The fourth-order valence-electron chi connectivity index (χ4n) is 3.13. The normalized spacial score (nSPS) is 17.2. The van der Waals surface area contributed by atoms with Gasteiger partial charge in [0.2, 0.25) is 10.0 Å². The Morgan fingerprint density at radius 2 is 1.90 bits per heavy atom. The van der Waals surface area contributed by atoms with E-state index in [9.17, 15) is 18.3 Å². The van der Waals surface area contributed by atoms with E-state index in [4.69, 9.17) is 9.84 Å². The van der Waals surface area contributed by atoms with Gasteiger partial charge in [-0.25, -0.2) is 17.9 Å². The number of aliphatic hydroxyl groups excluding tert-OH is 1. The van der Waals surface area contributed by atoms with Crippen molar-refractivity contribution in [1.82, 2.24) is 4.72 Å². The van der Waals surface area contributed by atoms with E-state index in [1.165, 1.54) is 29.8 Å². The van der Waals surface area contributed by atoms with Crippen molar-refractivity contribution in [3.8, 4) is 5.75 Å². The third-order valence-electron chi connectivity index (χ3n) is 4.68. The van der Waals surface area contributed by atoms with E-state index >= 15 is 0 Å². The number of ether oxygens (including phenoxy) is 1. The van der Waals surface area contributed by atoms with Crippen LogP contribution in [0.15, 0.2) is 65.6 Å². The van der Waals surface area contributed by atoms with Crippen LogP contribution in [0.1, 0.15) is 34.7 Å². The average molecular weight is 417 g/mol. The maximum absolute atomic E-state index is 12.4. The molecule has 8 heteroatoms. The number of sulfonamides is 1. The summed E-state index contributed by atoms with van der Waals surface area (Å²) in [6.45, 7) is -0.410. The largest absolute Gasteiger partial charge is 0.491 e. The molecule has 0 saturated carbocycles. The number of nitrogens with one attached hydrogen (secondary N) is 1. The molecule has 1 aliphatic carbocycles. The summed E-state index contributed by atoms with van der Waals surface area (Å²) >= 11 is 0. The van der Waals surface area contributed by atoms with Gasteiger partial charge in [0.25, 0.3) is 0 Å². The summed E-state index contributed by atoms with van der Waals surface area (Å²) in [6, 6.07) is 12.9. The molecule has 3 rings (SSSR count). The molecule has 3 N–H and O–H groups in total. The molecule has 2 unspecified atom stereocenters. The van der Waals surface area contributed by atoms with Gasteiger partial charge >= 0.3 is 5.97 Å². The number of hydrogen-bond donors (Lipinski definition) is 3. The molecule has 2 atom stereocenters. The van der Waals surface area contributed by atoms with E-state index in [1.807, 2.05) is 24.3 Å². The molecule has 29 heavy (non-hydrogen) atoms. The first-order valence-electron chi connectivity index (χ1n) is 9.26. The van der Waals surface area contributed by atoms with Crippen LogP contribution in [0, 0.1) is 0 Å². The molecule has 0 heterocycles. The second-order valence-electron chi connectivity index (χ2n) is 6.80. The highest BCUT2D eigenvalue weighted by Crippen LogP contribution is 2.29. The van der Waals surface area contributed by atoms with Crippen LogP contribution in [-0.4, -0.2) is 43.9 Å². The minimum Gasteiger partial charge on any atom is -0.491 e. The third-order valence-corrected chi connectivity index (χ3v) is 6.16. The van der Waals surface area contributed by atoms with Crippen molar-refractivity contribution < 1.29 is 28.2 Å². The second-order valence-corrected chi connectivity index (χ2v) is 8.53. The molecule has 0 bridgehead atoms. The molecule has 1 aliphatic rings. The maximum atomic E-state index is 12.4. The van der Waals surface area contributed by atoms with Crippen molar-refractivity contribution in [1.29, 1.82) is 0 Å². The van der Waals surface area contributed by atoms with Crippen molar-refractivity contribution >= 4 is 16.0 Å². The topological polar surface area (TPSA) is 113 Å². The Hall–Kier alpha value is -2.68. The minimum atomic E-state index is -4.08. The van der Waals surface area contributed by atoms with Gasteiger partial charge in [0, 0.05) is 12.5 Å². The summed E-state index contributed by atoms with van der Waals surface area (Å²) in [5.74, 6) is -0.335. The number of benzene rings is 2. The monoisotopic (exact) mass is 417 g/mol. The zero-order chi connectivity index (χ0) is 20.9. The lowest BCUT2D eigenvalue weighted by Crippen LogP contribution is -2.35. The van der Waals surface area contributed by atoms with E-state index in [-0.39, 0.29) is 23.6 Å². The van der Waals surface area contributed by atoms with Crippen LogP contribution in [0.4, 0.5) is 0 Å². The minimum absolute atomic E-state index is 0.105. The summed E-state index contributed by atoms with van der Waals surface area (Å²) < 4.78 is 32.5. The molecule has 0 amide bonds. The number of rotatable bonds is 9. The first-order chi connectivity index (χ1) is 13.9. The summed E-state index contributed by atoms with van der Waals surface area (Å²) in [7, 11) is -4.08. The van der Waals surface area contributed by atoms with E-state index in [1.54, 1.807) is 0 Å². The molecule has 0 aromatic heterocycles. The molecule has 0 spiro atoms. The highest BCUT2D eigenvalue weighted by Gasteiger charge is 2.22. The van der Waals surface area contributed by atoms with E-state index < -0.39 is 22.1 Å². The van der Waals surface area contributed by atoms with E-state index in [0.29, 0.717) is 11.7 Å². The quantitative estimate of drug-likeness (QED) is 0.541. The average Bonchev–Trinajstić information content (AvgIpc) is 3.26. The fourth-order valence-corrected chi connectivity index (χ4v) is 4.40. The van der Waals surface area contributed by atoms with Gasteiger partial charge in [-0.3, -0.25) is 0 Å². The molecule has 2 aromatic rings. The van der Waals surface area contributed by atoms with Gasteiger partial charge in [0.1, 0.15) is 18.5 Å². The Bertz CT molecular complexity index is 984. The van der Waals surface area contributed by atoms with Crippen LogP contribution in [0.25, 0.3) is 0 Å². The molecule has 2 aromatic carbocycles. The standard InChI is InChI=1S/C21H23NO6S/c23-17(13-22-29(26,27)20-8-4-3-7-19(20)21(24)25)14-28-18-11-9-16(10-12-18)15-5-1-2-6-15/h1,3-5,7-12,15,17,22-23H,2,6,13-14H2,(H,24,25). The first-order valence-corrected chi connectivity index (χ1v) is 10.7. The smallest absolute Gasteiger partial charge is 0.337 e. The van der Waals surface area contributed by atoms with Crippen LogP contribution in [0.5, 0.6) is 5.75 Å². The molecule has 0 saturated heterocycles. The number of hydrogen-bond acceptors (Lipinski definition) is 5. The number of carboxylic acids is 1. The predicted octanol–water partition coefficient (Wildman–Crippen LogP) is 2.54. The number of allylic oxidation sites excluding steroid dienone is 2. The lowest BCUT2D eigenvalue weighted by atomic mass is 9.99. The van der Waals surface area contributed by atoms with Crippen molar-refractivity contribution in [2.24, 2.45) is 0 Å². The summed E-state index contributed by atoms with van der Waals surface area (Å²) in [5.41, 5.74) is 0.874. The van der Waals surface area contributed by atoms with Crippen molar-refractivity contribution in [3.05, 3.63) is 71.8 Å². The Morgan fingerprint density at radius 3 is 2.55 bits per heavy atom. The predicted molar refractivity (Wildman–Crippen MR) is 108 cm³/mol. The zero-order valence-electron chi connectivity index (χ0n) is 15.7. The fraction of sp³-hybridized carbons (Fsp3) is 0.286. The number of carboxylic acid groups (broad SMARTS) is 1. The van der Waals surface area contributed by atoms with E-state index in [0.717, 1.165) is 12.8 Å². The van der Waals surface area contributed by atoms with Crippen molar-refractivity contribution in [3.63, 3.8) is 0 Å². The van der Waals surface area contributed by atoms with Gasteiger partial charge in [-0.1, -0.05) is 36.4 Å². The molecule has 0 radical (unpaired) electrons. The lowest BCUT2D eigenvalue weighted by molar-refractivity contribution is 0.0692. The van der Waals surface area contributed by atoms with Gasteiger partial charge < -0.3 is 14.9 Å². The second kappa shape index (κ2) is 9.21. The Balaban J connectivity index is 1.52. The summed E-state index contributed by atoms with van der Waals surface area (Å²) in [6.07, 6.45) is 5.45. The molecule has 7 nitrogen and oxygen atoms in total. The van der Waals surface area contributed by atoms with Crippen LogP contribution < -0.4 is 9.46 Å². The first kappa shape index (κ1) is 21.0. The molecule has 154 valence electrons. The van der Waals surface area contributed by atoms with Crippen molar-refractivity contribution in [2.45, 2.75) is 29.8 Å². The SMILES string of the molecule is O=C(O)c1ccccc1S(=O)(=O)NCC(O)COc1ccc(C2C=CCC2)cc1. The molecule has 0 aliphatic heterocycles. The Labute approximate surface area is 169 Å². The van der Waals surface area contributed by atoms with Gasteiger partial charge in [0.15, 0.2) is 0 Å². The summed E-state index contributed by atoms with van der Waals surface area (Å²) in [4.78, 5) is 10.9. The zero-order valence-corrected chi connectivity index (χ0v) is 16.5. The summed E-state index contributed by atoms with van der Waals surface area (Å²) in [5, 5.41) is 19.2. The van der Waals surface area contributed by atoms with Gasteiger partial charge in [-0.2, -0.15) is 0 Å². The van der Waals surface area contributed by atoms with Crippen LogP contribution in [-0.2, 0) is 10.0 Å². The van der Waals surface area contributed by atoms with Gasteiger partial charge in [-0.05, 0) is 42.7 Å². The van der Waals surface area contributed by atoms with E-state index in [2.05, 4.69) is 16.9 Å². The van der Waals surface area contributed by atoms with Gasteiger partial charge in [0.05, 0.1) is 10.5 Å². The molecule has 0 fully saturated rings. The number of carbonyl (C=O) groups is 1. The van der Waals surface area contributed by atoms with Crippen molar-refractivity contribution in [2.75, 3.05) is 13.2 Å². The number of aliphatic hydroxyl groups is 1. The van der Waals surface area contributed by atoms with Crippen LogP contribution in [0.2, 0.25) is 0 Å². The Morgan fingerprint density at radius 1 is 1.17 bits per heavy atom. The lowest BCUT2D eigenvalue weighted by Gasteiger charge is -2.15. The molecular formula is C21H23NO6S. The third kappa shape index (κ3) is 5.44. The van der Waals surface area contributed by atoms with Crippen LogP contribution >= 0.6 is 0 Å². The van der Waals surface area contributed by atoms with Crippen LogP contribution in [0.3, 0.4) is 0 Å². The number of aromatic carboxylic acids is 1. The highest BCUT2D eigenvalue weighted by atomic mass is 32.2. The molecular weight excluding hydrogens is 394 g/mol. The maximum Gasteiger partial charge on any atom is 0.337 e. The van der Waals surface area contributed by atoms with Gasteiger partial charge in [-0.15, -0.1) is 0 Å². The highest BCUT2D eigenvalue weighted by molar-refractivity contribution is 7.89. The Kier molecular flexibility index (Phi) is 6.68.